The summed E-state index contributed by atoms with van der Waals surface area (Å²) in [5.41, 5.74) is 0. The maximum absolute atomic E-state index is 11.1. The molecule has 0 aliphatic rings. The number of carbonyl (C=O) groups is 1. The number of halogens is 2. The Hall–Kier alpha value is -0.580. The SMILES string of the molecule is O=C(CCS)NCCOc1ccc(Cl)c(Cl)c1. The maximum Gasteiger partial charge on any atom is 0.220 e. The van der Waals surface area contributed by atoms with Crippen molar-refractivity contribution in [2.45, 2.75) is 6.42 Å². The highest BCUT2D eigenvalue weighted by Gasteiger charge is 2.01. The van der Waals surface area contributed by atoms with Crippen molar-refractivity contribution in [3.8, 4) is 5.75 Å². The van der Waals surface area contributed by atoms with Crippen LogP contribution in [0.3, 0.4) is 0 Å². The van der Waals surface area contributed by atoms with Gasteiger partial charge >= 0.3 is 0 Å². The fourth-order valence-electron chi connectivity index (χ4n) is 1.12. The highest BCUT2D eigenvalue weighted by molar-refractivity contribution is 7.80. The smallest absolute Gasteiger partial charge is 0.220 e. The van der Waals surface area contributed by atoms with Crippen LogP contribution in [0.2, 0.25) is 10.0 Å². The lowest BCUT2D eigenvalue weighted by molar-refractivity contribution is -0.120. The van der Waals surface area contributed by atoms with Gasteiger partial charge in [-0.15, -0.1) is 0 Å². The van der Waals surface area contributed by atoms with E-state index >= 15 is 0 Å². The highest BCUT2D eigenvalue weighted by Crippen LogP contribution is 2.26. The van der Waals surface area contributed by atoms with Crippen LogP contribution in [0.25, 0.3) is 0 Å². The van der Waals surface area contributed by atoms with Gasteiger partial charge in [-0.2, -0.15) is 12.6 Å². The van der Waals surface area contributed by atoms with Crippen molar-refractivity contribution in [3.05, 3.63) is 28.2 Å². The molecule has 17 heavy (non-hydrogen) atoms. The van der Waals surface area contributed by atoms with E-state index in [9.17, 15) is 4.79 Å². The zero-order valence-corrected chi connectivity index (χ0v) is 11.5. The van der Waals surface area contributed by atoms with Crippen LogP contribution in [-0.2, 0) is 4.79 Å². The zero-order valence-electron chi connectivity index (χ0n) is 9.08. The number of hydrogen-bond donors (Lipinski definition) is 2. The van der Waals surface area contributed by atoms with E-state index in [1.54, 1.807) is 18.2 Å². The Kier molecular flexibility index (Phi) is 6.55. The normalized spacial score (nSPS) is 10.1. The van der Waals surface area contributed by atoms with Gasteiger partial charge in [0, 0.05) is 12.5 Å². The van der Waals surface area contributed by atoms with E-state index < -0.39 is 0 Å². The van der Waals surface area contributed by atoms with E-state index in [4.69, 9.17) is 27.9 Å². The number of nitrogens with one attached hydrogen (secondary N) is 1. The third-order valence-corrected chi connectivity index (χ3v) is 2.89. The molecule has 0 aromatic heterocycles. The molecule has 0 aliphatic heterocycles. The molecule has 0 aliphatic carbocycles. The van der Waals surface area contributed by atoms with E-state index in [2.05, 4.69) is 17.9 Å². The Morgan fingerprint density at radius 3 is 2.76 bits per heavy atom. The molecule has 6 heteroatoms. The monoisotopic (exact) mass is 293 g/mol. The second-order valence-electron chi connectivity index (χ2n) is 3.25. The third-order valence-electron chi connectivity index (χ3n) is 1.92. The molecule has 1 aromatic carbocycles. The van der Waals surface area contributed by atoms with Crippen LogP contribution < -0.4 is 10.1 Å². The molecule has 0 spiro atoms. The summed E-state index contributed by atoms with van der Waals surface area (Å²) in [6, 6.07) is 5.03. The van der Waals surface area contributed by atoms with Crippen molar-refractivity contribution < 1.29 is 9.53 Å². The summed E-state index contributed by atoms with van der Waals surface area (Å²) in [5.74, 6) is 1.14. The number of rotatable bonds is 6. The summed E-state index contributed by atoms with van der Waals surface area (Å²) in [7, 11) is 0. The summed E-state index contributed by atoms with van der Waals surface area (Å²) in [6.45, 7) is 0.836. The molecule has 0 heterocycles. The van der Waals surface area contributed by atoms with Crippen LogP contribution in [0.15, 0.2) is 18.2 Å². The third kappa shape index (κ3) is 5.52. The quantitative estimate of drug-likeness (QED) is 0.625. The largest absolute Gasteiger partial charge is 0.492 e. The van der Waals surface area contributed by atoms with Crippen molar-refractivity contribution in [1.82, 2.24) is 5.32 Å². The second-order valence-corrected chi connectivity index (χ2v) is 4.51. The molecule has 1 amide bonds. The Balaban J connectivity index is 2.26. The van der Waals surface area contributed by atoms with E-state index in [-0.39, 0.29) is 5.91 Å². The number of ether oxygens (including phenoxy) is 1. The number of thiol groups is 1. The van der Waals surface area contributed by atoms with E-state index in [0.29, 0.717) is 41.1 Å². The molecular weight excluding hydrogens is 281 g/mol. The van der Waals surface area contributed by atoms with Crippen LogP contribution in [0.1, 0.15) is 6.42 Å². The standard InChI is InChI=1S/C11H13Cl2NO2S/c12-9-2-1-8(7-10(9)13)16-5-4-14-11(15)3-6-17/h1-2,7,17H,3-6H2,(H,14,15). The lowest BCUT2D eigenvalue weighted by atomic mass is 10.3. The Morgan fingerprint density at radius 1 is 1.35 bits per heavy atom. The molecule has 1 rings (SSSR count). The van der Waals surface area contributed by atoms with Crippen molar-refractivity contribution in [2.75, 3.05) is 18.9 Å². The van der Waals surface area contributed by atoms with Crippen LogP contribution >= 0.6 is 35.8 Å². The van der Waals surface area contributed by atoms with E-state index in [0.717, 1.165) is 0 Å². The summed E-state index contributed by atoms with van der Waals surface area (Å²) in [4.78, 5) is 11.1. The molecule has 0 saturated carbocycles. The van der Waals surface area contributed by atoms with Gasteiger partial charge in [0.15, 0.2) is 0 Å². The fourth-order valence-corrected chi connectivity index (χ4v) is 1.61. The molecule has 3 nitrogen and oxygen atoms in total. The number of amides is 1. The molecule has 1 aromatic rings. The molecule has 0 saturated heterocycles. The lowest BCUT2D eigenvalue weighted by Crippen LogP contribution is -2.28. The number of benzene rings is 1. The van der Waals surface area contributed by atoms with Crippen molar-refractivity contribution in [3.63, 3.8) is 0 Å². The zero-order chi connectivity index (χ0) is 12.7. The first-order valence-electron chi connectivity index (χ1n) is 5.09. The van der Waals surface area contributed by atoms with Crippen molar-refractivity contribution >= 4 is 41.7 Å². The van der Waals surface area contributed by atoms with Gasteiger partial charge in [0.25, 0.3) is 0 Å². The van der Waals surface area contributed by atoms with Gasteiger partial charge in [0.05, 0.1) is 16.6 Å². The van der Waals surface area contributed by atoms with E-state index in [1.807, 2.05) is 0 Å². The van der Waals surface area contributed by atoms with Crippen LogP contribution in [-0.4, -0.2) is 24.8 Å². The second kappa shape index (κ2) is 7.69. The Bertz CT molecular complexity index is 388. The Labute approximate surface area is 116 Å². The van der Waals surface area contributed by atoms with Gasteiger partial charge in [-0.25, -0.2) is 0 Å². The molecule has 0 fully saturated rings. The van der Waals surface area contributed by atoms with Gasteiger partial charge in [-0.1, -0.05) is 23.2 Å². The van der Waals surface area contributed by atoms with Crippen molar-refractivity contribution in [2.24, 2.45) is 0 Å². The first kappa shape index (κ1) is 14.5. The predicted octanol–water partition coefficient (Wildman–Crippen LogP) is 2.81. The van der Waals surface area contributed by atoms with E-state index in [1.165, 1.54) is 0 Å². The minimum absolute atomic E-state index is 0.0299. The predicted molar refractivity (Wildman–Crippen MR) is 73.4 cm³/mol. The average molecular weight is 294 g/mol. The molecule has 94 valence electrons. The van der Waals surface area contributed by atoms with Gasteiger partial charge < -0.3 is 10.1 Å². The minimum Gasteiger partial charge on any atom is -0.492 e. The Morgan fingerprint density at radius 2 is 2.12 bits per heavy atom. The molecule has 0 bridgehead atoms. The first-order chi connectivity index (χ1) is 8.13. The minimum atomic E-state index is -0.0299. The molecule has 1 N–H and O–H groups in total. The summed E-state index contributed by atoms with van der Waals surface area (Å²) < 4.78 is 5.39. The maximum atomic E-state index is 11.1. The number of hydrogen-bond acceptors (Lipinski definition) is 3. The molecule has 0 atom stereocenters. The van der Waals surface area contributed by atoms with Gasteiger partial charge in [-0.05, 0) is 17.9 Å². The summed E-state index contributed by atoms with van der Waals surface area (Å²) in [6.07, 6.45) is 0.413. The van der Waals surface area contributed by atoms with Gasteiger partial charge in [0.1, 0.15) is 12.4 Å². The van der Waals surface area contributed by atoms with Crippen LogP contribution in [0, 0.1) is 0 Å². The highest BCUT2D eigenvalue weighted by atomic mass is 35.5. The topological polar surface area (TPSA) is 38.3 Å². The fraction of sp³-hybridized carbons (Fsp3) is 0.364. The van der Waals surface area contributed by atoms with Crippen LogP contribution in [0.5, 0.6) is 5.75 Å². The van der Waals surface area contributed by atoms with Crippen LogP contribution in [0.4, 0.5) is 0 Å². The lowest BCUT2D eigenvalue weighted by Gasteiger charge is -2.08. The summed E-state index contributed by atoms with van der Waals surface area (Å²) in [5, 5.41) is 3.64. The molecule has 0 unspecified atom stereocenters. The first-order valence-corrected chi connectivity index (χ1v) is 6.47. The average Bonchev–Trinajstić information content (AvgIpc) is 2.29. The molecule has 0 radical (unpaired) electrons. The molecular formula is C11H13Cl2NO2S. The van der Waals surface area contributed by atoms with Crippen molar-refractivity contribution in [1.29, 1.82) is 0 Å². The van der Waals surface area contributed by atoms with Gasteiger partial charge in [-0.3, -0.25) is 4.79 Å². The summed E-state index contributed by atoms with van der Waals surface area (Å²) >= 11 is 15.6. The van der Waals surface area contributed by atoms with Gasteiger partial charge in [0.2, 0.25) is 5.91 Å². The number of carbonyl (C=O) groups excluding carboxylic acids is 1.